The van der Waals surface area contributed by atoms with Crippen LogP contribution in [0, 0.1) is 22.7 Å². The van der Waals surface area contributed by atoms with Crippen molar-refractivity contribution in [2.75, 3.05) is 7.11 Å². The lowest BCUT2D eigenvalue weighted by atomic mass is 10.0. The van der Waals surface area contributed by atoms with Gasteiger partial charge in [0.2, 0.25) is 0 Å². The van der Waals surface area contributed by atoms with E-state index in [2.05, 4.69) is 12.1 Å². The number of hydrogen-bond donors (Lipinski definition) is 0. The molecule has 0 atom stereocenters. The molecule has 0 fully saturated rings. The molecule has 3 heteroatoms. The lowest BCUT2D eigenvalue weighted by Crippen LogP contribution is -1.94. The maximum absolute atomic E-state index is 8.92. The second-order valence-electron chi connectivity index (χ2n) is 2.76. The highest BCUT2D eigenvalue weighted by atomic mass is 16.5. The maximum atomic E-state index is 8.92. The first-order valence-electron chi connectivity index (χ1n) is 4.26. The molecular formula is C11H10N2O. The number of rotatable bonds is 3. The van der Waals surface area contributed by atoms with E-state index < -0.39 is 0 Å². The zero-order valence-electron chi connectivity index (χ0n) is 7.95. The SMILES string of the molecule is COc1cccc(CCC#N)c1C#N. The van der Waals surface area contributed by atoms with Gasteiger partial charge in [-0.2, -0.15) is 10.5 Å². The van der Waals surface area contributed by atoms with Crippen LogP contribution >= 0.6 is 0 Å². The first-order chi connectivity index (χ1) is 6.83. The highest BCUT2D eigenvalue weighted by Gasteiger charge is 2.07. The molecule has 0 radical (unpaired) electrons. The summed E-state index contributed by atoms with van der Waals surface area (Å²) in [4.78, 5) is 0. The van der Waals surface area contributed by atoms with Crippen molar-refractivity contribution in [3.63, 3.8) is 0 Å². The molecule has 1 rings (SSSR count). The molecule has 0 aliphatic heterocycles. The number of ether oxygens (including phenoxy) is 1. The minimum Gasteiger partial charge on any atom is -0.495 e. The van der Waals surface area contributed by atoms with Gasteiger partial charge in [-0.3, -0.25) is 0 Å². The van der Waals surface area contributed by atoms with E-state index in [1.807, 2.05) is 12.1 Å². The summed E-state index contributed by atoms with van der Waals surface area (Å²) in [6.45, 7) is 0. The molecule has 0 aliphatic rings. The van der Waals surface area contributed by atoms with Crippen LogP contribution in [0.15, 0.2) is 18.2 Å². The van der Waals surface area contributed by atoms with Gasteiger partial charge in [-0.25, -0.2) is 0 Å². The predicted octanol–water partition coefficient (Wildman–Crippen LogP) is 2.02. The van der Waals surface area contributed by atoms with Gasteiger partial charge in [-0.05, 0) is 18.1 Å². The average Bonchev–Trinajstić information content (AvgIpc) is 2.25. The van der Waals surface area contributed by atoms with Crippen LogP contribution in [0.25, 0.3) is 0 Å². The van der Waals surface area contributed by atoms with Crippen molar-refractivity contribution < 1.29 is 4.74 Å². The Hall–Kier alpha value is -2.00. The predicted molar refractivity (Wildman–Crippen MR) is 51.6 cm³/mol. The molecule has 0 N–H and O–H groups in total. The molecule has 0 saturated heterocycles. The number of nitrogens with zero attached hydrogens (tertiary/aromatic N) is 2. The quantitative estimate of drug-likeness (QED) is 0.725. The summed E-state index contributed by atoms with van der Waals surface area (Å²) in [5.74, 6) is 0.572. The number of nitriles is 2. The smallest absolute Gasteiger partial charge is 0.136 e. The van der Waals surface area contributed by atoms with Crippen LogP contribution in [0.4, 0.5) is 0 Å². The molecule has 14 heavy (non-hydrogen) atoms. The maximum Gasteiger partial charge on any atom is 0.136 e. The van der Waals surface area contributed by atoms with Crippen LogP contribution < -0.4 is 4.74 Å². The highest BCUT2D eigenvalue weighted by Crippen LogP contribution is 2.21. The molecule has 3 nitrogen and oxygen atoms in total. The van der Waals surface area contributed by atoms with Gasteiger partial charge in [0, 0.05) is 6.42 Å². The summed E-state index contributed by atoms with van der Waals surface area (Å²) in [5, 5.41) is 17.4. The van der Waals surface area contributed by atoms with Gasteiger partial charge in [0.05, 0.1) is 18.7 Å². The van der Waals surface area contributed by atoms with Gasteiger partial charge in [0.25, 0.3) is 0 Å². The molecule has 0 aliphatic carbocycles. The van der Waals surface area contributed by atoms with Crippen LogP contribution in [0.3, 0.4) is 0 Å². The van der Waals surface area contributed by atoms with Gasteiger partial charge in [-0.1, -0.05) is 12.1 Å². The zero-order valence-corrected chi connectivity index (χ0v) is 7.95. The summed E-state index contributed by atoms with van der Waals surface area (Å²) < 4.78 is 5.05. The largest absolute Gasteiger partial charge is 0.495 e. The van der Waals surface area contributed by atoms with E-state index in [4.69, 9.17) is 15.3 Å². The second-order valence-corrected chi connectivity index (χ2v) is 2.76. The molecule has 0 heterocycles. The Balaban J connectivity index is 3.05. The molecule has 0 bridgehead atoms. The van der Waals surface area contributed by atoms with E-state index in [9.17, 15) is 0 Å². The van der Waals surface area contributed by atoms with E-state index in [0.717, 1.165) is 5.56 Å². The van der Waals surface area contributed by atoms with Crippen molar-refractivity contribution in [3.8, 4) is 17.9 Å². The average molecular weight is 186 g/mol. The zero-order chi connectivity index (χ0) is 10.4. The third-order valence-electron chi connectivity index (χ3n) is 1.95. The normalized spacial score (nSPS) is 8.79. The Morgan fingerprint density at radius 1 is 1.36 bits per heavy atom. The molecule has 0 spiro atoms. The summed E-state index contributed by atoms with van der Waals surface area (Å²) >= 11 is 0. The van der Waals surface area contributed by atoms with Gasteiger partial charge in [-0.15, -0.1) is 0 Å². The molecule has 0 unspecified atom stereocenters. The first kappa shape index (κ1) is 10.1. The fourth-order valence-electron chi connectivity index (χ4n) is 1.27. The van der Waals surface area contributed by atoms with Crippen LogP contribution in [0.5, 0.6) is 5.75 Å². The fraction of sp³-hybridized carbons (Fsp3) is 0.273. The first-order valence-corrected chi connectivity index (χ1v) is 4.26. The van der Waals surface area contributed by atoms with Gasteiger partial charge in [0.15, 0.2) is 0 Å². The summed E-state index contributed by atoms with van der Waals surface area (Å²) in [6, 6.07) is 9.56. The van der Waals surface area contributed by atoms with Crippen molar-refractivity contribution in [2.45, 2.75) is 12.8 Å². The van der Waals surface area contributed by atoms with Crippen molar-refractivity contribution in [1.29, 1.82) is 10.5 Å². The Morgan fingerprint density at radius 3 is 2.71 bits per heavy atom. The standard InChI is InChI=1S/C11H10N2O/c1-14-11-6-2-4-9(5-3-7-12)10(11)8-13/h2,4,6H,3,5H2,1H3. The Labute approximate surface area is 83.2 Å². The molecular weight excluding hydrogens is 176 g/mol. The van der Waals surface area contributed by atoms with Crippen LogP contribution in [0.2, 0.25) is 0 Å². The van der Waals surface area contributed by atoms with Gasteiger partial charge in [0.1, 0.15) is 11.8 Å². The Morgan fingerprint density at radius 2 is 2.14 bits per heavy atom. The number of hydrogen-bond acceptors (Lipinski definition) is 3. The molecule has 1 aromatic rings. The number of benzene rings is 1. The second kappa shape index (κ2) is 4.89. The summed E-state index contributed by atoms with van der Waals surface area (Å²) in [5.41, 5.74) is 1.40. The van der Waals surface area contributed by atoms with Crippen molar-refractivity contribution >= 4 is 0 Å². The molecule has 0 amide bonds. The third-order valence-corrected chi connectivity index (χ3v) is 1.95. The van der Waals surface area contributed by atoms with Crippen molar-refractivity contribution in [2.24, 2.45) is 0 Å². The number of aryl methyl sites for hydroxylation is 1. The lowest BCUT2D eigenvalue weighted by Gasteiger charge is -2.06. The third kappa shape index (κ3) is 2.02. The minimum absolute atomic E-state index is 0.418. The van der Waals surface area contributed by atoms with Gasteiger partial charge < -0.3 is 4.74 Å². The molecule has 0 saturated carbocycles. The van der Waals surface area contributed by atoms with E-state index in [1.54, 1.807) is 6.07 Å². The Kier molecular flexibility index (Phi) is 3.52. The van der Waals surface area contributed by atoms with Crippen molar-refractivity contribution in [3.05, 3.63) is 29.3 Å². The molecule has 0 aromatic heterocycles. The fourth-order valence-corrected chi connectivity index (χ4v) is 1.27. The van der Waals surface area contributed by atoms with E-state index in [-0.39, 0.29) is 0 Å². The van der Waals surface area contributed by atoms with Gasteiger partial charge >= 0.3 is 0 Å². The minimum atomic E-state index is 0.418. The van der Waals surface area contributed by atoms with Crippen LogP contribution in [-0.2, 0) is 6.42 Å². The molecule has 1 aromatic carbocycles. The van der Waals surface area contributed by atoms with Crippen molar-refractivity contribution in [1.82, 2.24) is 0 Å². The van der Waals surface area contributed by atoms with E-state index >= 15 is 0 Å². The van der Waals surface area contributed by atoms with Crippen LogP contribution in [-0.4, -0.2) is 7.11 Å². The van der Waals surface area contributed by atoms with E-state index in [0.29, 0.717) is 24.2 Å². The molecule has 70 valence electrons. The van der Waals surface area contributed by atoms with Crippen LogP contribution in [0.1, 0.15) is 17.5 Å². The number of methoxy groups -OCH3 is 1. The lowest BCUT2D eigenvalue weighted by molar-refractivity contribution is 0.413. The Bertz CT molecular complexity index is 399. The summed E-state index contributed by atoms with van der Waals surface area (Å²) in [6.07, 6.45) is 1.01. The summed E-state index contributed by atoms with van der Waals surface area (Å²) in [7, 11) is 1.53. The topological polar surface area (TPSA) is 56.8 Å². The highest BCUT2D eigenvalue weighted by molar-refractivity contribution is 5.48. The monoisotopic (exact) mass is 186 g/mol. The van der Waals surface area contributed by atoms with E-state index in [1.165, 1.54) is 7.11 Å².